The molecule has 0 saturated carbocycles. The Morgan fingerprint density at radius 3 is 2.28 bits per heavy atom. The maximum atomic E-state index is 4.91. The number of nitrogens with one attached hydrogen (secondary N) is 1. The van der Waals surface area contributed by atoms with Crippen LogP contribution in [0.2, 0.25) is 0 Å². The van der Waals surface area contributed by atoms with Gasteiger partial charge in [-0.1, -0.05) is 37.3 Å². The molecule has 25 heavy (non-hydrogen) atoms. The highest BCUT2D eigenvalue weighted by atomic mass is 15.2. The second kappa shape index (κ2) is 8.48. The number of aromatic nitrogens is 1. The number of hydrogen-bond donors (Lipinski definition) is 1. The summed E-state index contributed by atoms with van der Waals surface area (Å²) in [6.07, 6.45) is 0.952. The molecule has 136 valence electrons. The van der Waals surface area contributed by atoms with Crippen LogP contribution in [0.3, 0.4) is 0 Å². The van der Waals surface area contributed by atoms with Crippen LogP contribution in [0.25, 0.3) is 0 Å². The molecule has 1 heterocycles. The zero-order valence-electron chi connectivity index (χ0n) is 16.6. The summed E-state index contributed by atoms with van der Waals surface area (Å²) in [4.78, 5) is 7.30. The van der Waals surface area contributed by atoms with E-state index in [9.17, 15) is 0 Å². The molecule has 0 spiro atoms. The predicted molar refractivity (Wildman–Crippen MR) is 108 cm³/mol. The first kappa shape index (κ1) is 19.5. The molecule has 0 amide bonds. The zero-order chi connectivity index (χ0) is 18.4. The SMILES string of the molecule is CCc1cc(CNC(C)(C)C)cc(N(Cc2ccccc2)C(C)C)n1. The molecule has 0 fully saturated rings. The van der Waals surface area contributed by atoms with Crippen molar-refractivity contribution in [3.63, 3.8) is 0 Å². The number of pyridine rings is 1. The molecule has 0 radical (unpaired) electrons. The highest BCUT2D eigenvalue weighted by Crippen LogP contribution is 2.21. The van der Waals surface area contributed by atoms with Crippen LogP contribution in [0.15, 0.2) is 42.5 Å². The first-order valence-corrected chi connectivity index (χ1v) is 9.34. The highest BCUT2D eigenvalue weighted by molar-refractivity contribution is 5.44. The van der Waals surface area contributed by atoms with Gasteiger partial charge >= 0.3 is 0 Å². The van der Waals surface area contributed by atoms with Crippen LogP contribution >= 0.6 is 0 Å². The zero-order valence-corrected chi connectivity index (χ0v) is 16.6. The Hall–Kier alpha value is -1.87. The molecule has 0 atom stereocenters. The van der Waals surface area contributed by atoms with Crippen molar-refractivity contribution >= 4 is 5.82 Å². The monoisotopic (exact) mass is 339 g/mol. The molecule has 1 N–H and O–H groups in total. The lowest BCUT2D eigenvalue weighted by molar-refractivity contribution is 0.424. The Morgan fingerprint density at radius 1 is 1.04 bits per heavy atom. The molecule has 0 saturated heterocycles. The minimum absolute atomic E-state index is 0.109. The fourth-order valence-electron chi connectivity index (χ4n) is 2.74. The van der Waals surface area contributed by atoms with Gasteiger partial charge in [-0.2, -0.15) is 0 Å². The van der Waals surface area contributed by atoms with Crippen molar-refractivity contribution in [2.24, 2.45) is 0 Å². The van der Waals surface area contributed by atoms with E-state index in [2.05, 4.69) is 94.2 Å². The van der Waals surface area contributed by atoms with E-state index in [1.807, 2.05) is 0 Å². The fourth-order valence-corrected chi connectivity index (χ4v) is 2.74. The second-order valence-corrected chi connectivity index (χ2v) is 7.99. The fraction of sp³-hybridized carbons (Fsp3) is 0.500. The molecule has 3 heteroatoms. The molecule has 2 aromatic rings. The van der Waals surface area contributed by atoms with Crippen molar-refractivity contribution in [1.29, 1.82) is 0 Å². The molecule has 2 rings (SSSR count). The first-order valence-electron chi connectivity index (χ1n) is 9.34. The van der Waals surface area contributed by atoms with Gasteiger partial charge in [0.25, 0.3) is 0 Å². The summed E-state index contributed by atoms with van der Waals surface area (Å²) in [6.45, 7) is 15.0. The third kappa shape index (κ3) is 6.17. The van der Waals surface area contributed by atoms with Crippen LogP contribution in [0, 0.1) is 0 Å². The maximum absolute atomic E-state index is 4.91. The third-order valence-electron chi connectivity index (χ3n) is 4.22. The molecule has 0 bridgehead atoms. The first-order chi connectivity index (χ1) is 11.8. The van der Waals surface area contributed by atoms with Crippen LogP contribution in [0.1, 0.15) is 58.4 Å². The van der Waals surface area contributed by atoms with Gasteiger partial charge in [-0.3, -0.25) is 0 Å². The second-order valence-electron chi connectivity index (χ2n) is 7.99. The summed E-state index contributed by atoms with van der Waals surface area (Å²) < 4.78 is 0. The number of nitrogens with zero attached hydrogens (tertiary/aromatic N) is 2. The van der Waals surface area contributed by atoms with Gasteiger partial charge < -0.3 is 10.2 Å². The van der Waals surface area contributed by atoms with E-state index >= 15 is 0 Å². The van der Waals surface area contributed by atoms with Gasteiger partial charge in [0, 0.05) is 30.4 Å². The van der Waals surface area contributed by atoms with Crippen LogP contribution in [0.4, 0.5) is 5.82 Å². The summed E-state index contributed by atoms with van der Waals surface area (Å²) in [7, 11) is 0. The Kier molecular flexibility index (Phi) is 6.60. The Morgan fingerprint density at radius 2 is 1.72 bits per heavy atom. The molecule has 0 aliphatic heterocycles. The lowest BCUT2D eigenvalue weighted by Crippen LogP contribution is -2.35. The summed E-state index contributed by atoms with van der Waals surface area (Å²) >= 11 is 0. The van der Waals surface area contributed by atoms with Crippen molar-refractivity contribution in [3.8, 4) is 0 Å². The Balaban J connectivity index is 2.29. The van der Waals surface area contributed by atoms with E-state index in [-0.39, 0.29) is 5.54 Å². The van der Waals surface area contributed by atoms with E-state index in [0.29, 0.717) is 6.04 Å². The molecule has 0 unspecified atom stereocenters. The molecule has 0 aliphatic carbocycles. The van der Waals surface area contributed by atoms with Gasteiger partial charge in [0.2, 0.25) is 0 Å². The van der Waals surface area contributed by atoms with Crippen LogP contribution in [-0.2, 0) is 19.5 Å². The van der Waals surface area contributed by atoms with Crippen molar-refractivity contribution in [2.75, 3.05) is 4.90 Å². The van der Waals surface area contributed by atoms with Crippen molar-refractivity contribution in [3.05, 3.63) is 59.3 Å². The molecule has 1 aromatic carbocycles. The van der Waals surface area contributed by atoms with E-state index < -0.39 is 0 Å². The largest absolute Gasteiger partial charge is 0.350 e. The molecule has 1 aromatic heterocycles. The normalized spacial score (nSPS) is 11.8. The molecule has 0 aliphatic rings. The van der Waals surface area contributed by atoms with Gasteiger partial charge in [-0.05, 0) is 64.3 Å². The summed E-state index contributed by atoms with van der Waals surface area (Å²) in [5.74, 6) is 1.07. The average Bonchev–Trinajstić information content (AvgIpc) is 2.57. The number of hydrogen-bond acceptors (Lipinski definition) is 3. The minimum Gasteiger partial charge on any atom is -0.350 e. The average molecular weight is 340 g/mol. The van der Waals surface area contributed by atoms with Crippen molar-refractivity contribution in [1.82, 2.24) is 10.3 Å². The topological polar surface area (TPSA) is 28.2 Å². The molecule has 3 nitrogen and oxygen atoms in total. The lowest BCUT2D eigenvalue weighted by Gasteiger charge is -2.29. The van der Waals surface area contributed by atoms with E-state index in [1.165, 1.54) is 11.1 Å². The number of aryl methyl sites for hydroxylation is 1. The van der Waals surface area contributed by atoms with Crippen LogP contribution in [0.5, 0.6) is 0 Å². The van der Waals surface area contributed by atoms with Gasteiger partial charge in [-0.25, -0.2) is 4.98 Å². The van der Waals surface area contributed by atoms with Gasteiger partial charge in [0.1, 0.15) is 5.82 Å². The number of anilines is 1. The van der Waals surface area contributed by atoms with Gasteiger partial charge in [0.15, 0.2) is 0 Å². The Labute approximate surface area is 153 Å². The van der Waals surface area contributed by atoms with Gasteiger partial charge in [0.05, 0.1) is 0 Å². The van der Waals surface area contributed by atoms with Crippen LogP contribution in [-0.4, -0.2) is 16.6 Å². The number of benzene rings is 1. The quantitative estimate of drug-likeness (QED) is 0.774. The van der Waals surface area contributed by atoms with E-state index in [4.69, 9.17) is 4.98 Å². The van der Waals surface area contributed by atoms with Crippen LogP contribution < -0.4 is 10.2 Å². The summed E-state index contributed by atoms with van der Waals surface area (Å²) in [5, 5.41) is 3.59. The highest BCUT2D eigenvalue weighted by Gasteiger charge is 2.15. The van der Waals surface area contributed by atoms with E-state index in [0.717, 1.165) is 31.0 Å². The third-order valence-corrected chi connectivity index (χ3v) is 4.22. The standard InChI is InChI=1S/C22H33N3/c1-7-20-13-19(15-23-22(4,5)6)14-21(24-20)25(17(2)3)16-18-11-9-8-10-12-18/h8-14,17,23H,7,15-16H2,1-6H3. The lowest BCUT2D eigenvalue weighted by atomic mass is 10.1. The molecular formula is C22H33N3. The maximum Gasteiger partial charge on any atom is 0.129 e. The van der Waals surface area contributed by atoms with E-state index in [1.54, 1.807) is 0 Å². The van der Waals surface area contributed by atoms with Crippen molar-refractivity contribution in [2.45, 2.75) is 72.6 Å². The van der Waals surface area contributed by atoms with Crippen molar-refractivity contribution < 1.29 is 0 Å². The Bertz CT molecular complexity index is 657. The summed E-state index contributed by atoms with van der Waals surface area (Å²) in [5.41, 5.74) is 3.88. The number of rotatable bonds is 7. The summed E-state index contributed by atoms with van der Waals surface area (Å²) in [6, 6.07) is 15.5. The molecular weight excluding hydrogens is 306 g/mol. The van der Waals surface area contributed by atoms with Gasteiger partial charge in [-0.15, -0.1) is 0 Å². The predicted octanol–water partition coefficient (Wildman–Crippen LogP) is 4.95. The smallest absolute Gasteiger partial charge is 0.129 e. The minimum atomic E-state index is 0.109.